The summed E-state index contributed by atoms with van der Waals surface area (Å²) < 4.78 is 0. The van der Waals surface area contributed by atoms with Crippen molar-refractivity contribution in [3.63, 3.8) is 0 Å². The maximum Gasteiger partial charge on any atom is 0.290 e. The first-order chi connectivity index (χ1) is 11.0. The van der Waals surface area contributed by atoms with Crippen LogP contribution in [0.5, 0.6) is 5.75 Å². The van der Waals surface area contributed by atoms with E-state index in [2.05, 4.69) is 6.92 Å². The maximum absolute atomic E-state index is 12.4. The first-order valence-corrected chi connectivity index (χ1v) is 8.07. The van der Waals surface area contributed by atoms with E-state index in [1.54, 1.807) is 24.0 Å². The largest absolute Gasteiger partial charge is 0.508 e. The molecule has 0 saturated carbocycles. The van der Waals surface area contributed by atoms with E-state index in [0.717, 1.165) is 19.3 Å². The molecule has 1 aromatic rings. The second kappa shape index (κ2) is 7.31. The Bertz CT molecular complexity index is 618. The standard InChI is InChI=1S/C18H23NO4/c1-3-5-6-11-19-16(12-7-9-13(20)10-8-12)15(14(21)4-2)17(22)18(19)23/h7-10,16,20,22H,3-6,11H2,1-2H3. The van der Waals surface area contributed by atoms with Crippen LogP contribution in [0.15, 0.2) is 35.6 Å². The van der Waals surface area contributed by atoms with Gasteiger partial charge in [0.15, 0.2) is 11.5 Å². The molecule has 0 spiro atoms. The van der Waals surface area contributed by atoms with E-state index in [9.17, 15) is 19.8 Å². The van der Waals surface area contributed by atoms with Gasteiger partial charge in [0.25, 0.3) is 5.91 Å². The minimum Gasteiger partial charge on any atom is -0.508 e. The third kappa shape index (κ3) is 3.38. The van der Waals surface area contributed by atoms with Crippen LogP contribution in [0.2, 0.25) is 0 Å². The molecule has 2 N–H and O–H groups in total. The Hall–Kier alpha value is -2.30. The number of nitrogens with zero attached hydrogens (tertiary/aromatic N) is 1. The first-order valence-electron chi connectivity index (χ1n) is 8.07. The molecule has 1 aliphatic heterocycles. The van der Waals surface area contributed by atoms with Crippen molar-refractivity contribution in [2.24, 2.45) is 0 Å². The molecule has 1 unspecified atom stereocenters. The third-order valence-corrected chi connectivity index (χ3v) is 4.14. The Balaban J connectivity index is 2.41. The average molecular weight is 317 g/mol. The number of Topliss-reactive ketones (excluding diaryl/α,β-unsaturated/α-hetero) is 1. The highest BCUT2D eigenvalue weighted by atomic mass is 16.3. The topological polar surface area (TPSA) is 77.8 Å². The van der Waals surface area contributed by atoms with Crippen LogP contribution in [0.3, 0.4) is 0 Å². The van der Waals surface area contributed by atoms with Crippen molar-refractivity contribution in [1.29, 1.82) is 0 Å². The molecule has 0 saturated heterocycles. The zero-order valence-electron chi connectivity index (χ0n) is 13.6. The van der Waals surface area contributed by atoms with E-state index in [-0.39, 0.29) is 23.5 Å². The van der Waals surface area contributed by atoms with Crippen molar-refractivity contribution in [3.8, 4) is 5.75 Å². The van der Waals surface area contributed by atoms with Crippen LogP contribution in [0.1, 0.15) is 51.1 Å². The third-order valence-electron chi connectivity index (χ3n) is 4.14. The van der Waals surface area contributed by atoms with Crippen molar-refractivity contribution in [1.82, 2.24) is 4.90 Å². The molecular formula is C18H23NO4. The minimum atomic E-state index is -0.576. The Morgan fingerprint density at radius 1 is 1.13 bits per heavy atom. The molecule has 2 rings (SSSR count). The monoisotopic (exact) mass is 317 g/mol. The summed E-state index contributed by atoms with van der Waals surface area (Å²) in [4.78, 5) is 26.2. The molecule has 23 heavy (non-hydrogen) atoms. The van der Waals surface area contributed by atoms with E-state index >= 15 is 0 Å². The van der Waals surface area contributed by atoms with E-state index < -0.39 is 17.7 Å². The Morgan fingerprint density at radius 3 is 2.35 bits per heavy atom. The number of unbranched alkanes of at least 4 members (excludes halogenated alkanes) is 2. The molecule has 0 bridgehead atoms. The zero-order chi connectivity index (χ0) is 17.0. The van der Waals surface area contributed by atoms with Gasteiger partial charge in [-0.1, -0.05) is 38.8 Å². The number of hydrogen-bond donors (Lipinski definition) is 2. The molecule has 124 valence electrons. The molecule has 0 aliphatic carbocycles. The van der Waals surface area contributed by atoms with Crippen molar-refractivity contribution in [3.05, 3.63) is 41.2 Å². The zero-order valence-corrected chi connectivity index (χ0v) is 13.6. The number of aliphatic hydroxyl groups excluding tert-OH is 1. The highest BCUT2D eigenvalue weighted by Crippen LogP contribution is 2.38. The average Bonchev–Trinajstić information content (AvgIpc) is 2.80. The Labute approximate surface area is 136 Å². The van der Waals surface area contributed by atoms with E-state index in [1.165, 1.54) is 12.1 Å². The number of phenolic OH excluding ortho intramolecular Hbond substituents is 1. The highest BCUT2D eigenvalue weighted by Gasteiger charge is 2.42. The molecule has 1 aliphatic rings. The van der Waals surface area contributed by atoms with Crippen LogP contribution in [0.4, 0.5) is 0 Å². The number of aliphatic hydroxyl groups is 1. The van der Waals surface area contributed by atoms with Crippen LogP contribution in [0, 0.1) is 0 Å². The summed E-state index contributed by atoms with van der Waals surface area (Å²) in [5.74, 6) is -1.04. The first kappa shape index (κ1) is 17.1. The van der Waals surface area contributed by atoms with Gasteiger partial charge in [0, 0.05) is 13.0 Å². The highest BCUT2D eigenvalue weighted by molar-refractivity contribution is 6.08. The molecule has 1 aromatic carbocycles. The van der Waals surface area contributed by atoms with Gasteiger partial charge in [0.1, 0.15) is 5.75 Å². The lowest BCUT2D eigenvalue weighted by Gasteiger charge is -2.26. The predicted octanol–water partition coefficient (Wildman–Crippen LogP) is 3.26. The molecule has 0 aromatic heterocycles. The van der Waals surface area contributed by atoms with E-state index in [1.807, 2.05) is 0 Å². The lowest BCUT2D eigenvalue weighted by atomic mass is 9.95. The van der Waals surface area contributed by atoms with Crippen LogP contribution < -0.4 is 0 Å². The maximum atomic E-state index is 12.4. The summed E-state index contributed by atoms with van der Waals surface area (Å²) in [5, 5.41) is 19.6. The smallest absolute Gasteiger partial charge is 0.290 e. The number of carbonyl (C=O) groups is 2. The number of rotatable bonds is 7. The SMILES string of the molecule is CCCCCN1C(=O)C(O)=C(C(=O)CC)C1c1ccc(O)cc1. The summed E-state index contributed by atoms with van der Waals surface area (Å²) in [7, 11) is 0. The molecular weight excluding hydrogens is 294 g/mol. The van der Waals surface area contributed by atoms with Crippen LogP contribution in [0.25, 0.3) is 0 Å². The van der Waals surface area contributed by atoms with Crippen molar-refractivity contribution < 1.29 is 19.8 Å². The fraction of sp³-hybridized carbons (Fsp3) is 0.444. The van der Waals surface area contributed by atoms with E-state index in [0.29, 0.717) is 12.1 Å². The van der Waals surface area contributed by atoms with Gasteiger partial charge in [0.2, 0.25) is 0 Å². The lowest BCUT2D eigenvalue weighted by molar-refractivity contribution is -0.129. The normalized spacial score (nSPS) is 17.9. The second-order valence-corrected chi connectivity index (χ2v) is 5.74. The summed E-state index contributed by atoms with van der Waals surface area (Å²) in [6.07, 6.45) is 3.04. The number of phenols is 1. The molecule has 0 fully saturated rings. The van der Waals surface area contributed by atoms with Crippen LogP contribution in [-0.2, 0) is 9.59 Å². The second-order valence-electron chi connectivity index (χ2n) is 5.74. The fourth-order valence-corrected chi connectivity index (χ4v) is 2.89. The molecule has 0 radical (unpaired) electrons. The summed E-state index contributed by atoms with van der Waals surface area (Å²) in [6.45, 7) is 4.27. The molecule has 1 heterocycles. The van der Waals surface area contributed by atoms with Gasteiger partial charge < -0.3 is 15.1 Å². The lowest BCUT2D eigenvalue weighted by Crippen LogP contribution is -2.32. The van der Waals surface area contributed by atoms with Gasteiger partial charge in [-0.15, -0.1) is 0 Å². The fourth-order valence-electron chi connectivity index (χ4n) is 2.89. The van der Waals surface area contributed by atoms with Gasteiger partial charge in [-0.25, -0.2) is 0 Å². The van der Waals surface area contributed by atoms with Crippen LogP contribution in [-0.4, -0.2) is 33.3 Å². The van der Waals surface area contributed by atoms with Gasteiger partial charge in [-0.2, -0.15) is 0 Å². The molecule has 1 atom stereocenters. The van der Waals surface area contributed by atoms with Crippen molar-refractivity contribution in [2.75, 3.05) is 6.54 Å². The van der Waals surface area contributed by atoms with Gasteiger partial charge in [0.05, 0.1) is 11.6 Å². The quantitative estimate of drug-likeness (QED) is 0.757. The molecule has 1 amide bonds. The number of amides is 1. The van der Waals surface area contributed by atoms with Crippen molar-refractivity contribution >= 4 is 11.7 Å². The molecule has 5 nitrogen and oxygen atoms in total. The molecule has 5 heteroatoms. The van der Waals surface area contributed by atoms with Crippen LogP contribution >= 0.6 is 0 Å². The summed E-state index contributed by atoms with van der Waals surface area (Å²) in [6, 6.07) is 5.83. The number of benzene rings is 1. The van der Waals surface area contributed by atoms with Gasteiger partial charge >= 0.3 is 0 Å². The number of carbonyl (C=O) groups excluding carboxylic acids is 2. The number of ketones is 1. The van der Waals surface area contributed by atoms with Crippen molar-refractivity contribution in [2.45, 2.75) is 45.6 Å². The Morgan fingerprint density at radius 2 is 1.78 bits per heavy atom. The van der Waals surface area contributed by atoms with Gasteiger partial charge in [-0.05, 0) is 24.1 Å². The minimum absolute atomic E-state index is 0.118. The van der Waals surface area contributed by atoms with Gasteiger partial charge in [-0.3, -0.25) is 9.59 Å². The summed E-state index contributed by atoms with van der Waals surface area (Å²) >= 11 is 0. The predicted molar refractivity (Wildman–Crippen MR) is 87.0 cm³/mol. The van der Waals surface area contributed by atoms with E-state index in [4.69, 9.17) is 0 Å². The Kier molecular flexibility index (Phi) is 5.42. The number of aromatic hydroxyl groups is 1. The summed E-state index contributed by atoms with van der Waals surface area (Å²) in [5.41, 5.74) is 0.883. The number of hydrogen-bond acceptors (Lipinski definition) is 4.